The molecule has 0 bridgehead atoms. The van der Waals surface area contributed by atoms with E-state index in [0.29, 0.717) is 30.3 Å². The number of piperidine rings is 1. The molecule has 28 heavy (non-hydrogen) atoms. The molecule has 2 atom stereocenters. The van der Waals surface area contributed by atoms with Gasteiger partial charge in [-0.2, -0.15) is 0 Å². The van der Waals surface area contributed by atoms with Crippen LogP contribution >= 0.6 is 0 Å². The van der Waals surface area contributed by atoms with E-state index in [-0.39, 0.29) is 11.9 Å². The third-order valence-corrected chi connectivity index (χ3v) is 7.17. The number of carbonyl (C=O) groups excluding carboxylic acids is 1. The Hall–Kier alpha value is -1.60. The van der Waals surface area contributed by atoms with Crippen LogP contribution in [-0.4, -0.2) is 57.2 Å². The summed E-state index contributed by atoms with van der Waals surface area (Å²) in [6, 6.07) is 5.66. The van der Waals surface area contributed by atoms with Crippen molar-refractivity contribution in [1.29, 1.82) is 0 Å². The summed E-state index contributed by atoms with van der Waals surface area (Å²) in [6.07, 6.45) is 7.85. The van der Waals surface area contributed by atoms with E-state index in [1.54, 1.807) is 12.1 Å². The van der Waals surface area contributed by atoms with Gasteiger partial charge in [0.05, 0.1) is 11.9 Å². The van der Waals surface area contributed by atoms with Gasteiger partial charge in [-0.15, -0.1) is 0 Å². The van der Waals surface area contributed by atoms with Crippen LogP contribution in [0.25, 0.3) is 0 Å². The molecular formula is C21H33N3O3S. The Bertz CT molecular complexity index is 809. The number of fused-ring (bicyclic) bond motifs is 1. The lowest BCUT2D eigenvalue weighted by atomic mass is 10.0. The van der Waals surface area contributed by atoms with Crippen molar-refractivity contribution in [2.75, 3.05) is 30.2 Å². The first-order chi connectivity index (χ1) is 13.3. The molecule has 2 aliphatic heterocycles. The lowest BCUT2D eigenvalue weighted by Crippen LogP contribution is -2.47. The minimum atomic E-state index is -3.31. The summed E-state index contributed by atoms with van der Waals surface area (Å²) in [5, 5.41) is 3.11. The van der Waals surface area contributed by atoms with Crippen molar-refractivity contribution in [3.8, 4) is 0 Å². The number of hydrogen-bond donors (Lipinski definition) is 1. The van der Waals surface area contributed by atoms with Crippen LogP contribution in [0.4, 0.5) is 5.69 Å². The Morgan fingerprint density at radius 1 is 1.29 bits per heavy atom. The molecule has 1 saturated heterocycles. The van der Waals surface area contributed by atoms with Gasteiger partial charge in [-0.3, -0.25) is 14.0 Å². The van der Waals surface area contributed by atoms with Gasteiger partial charge in [0.2, 0.25) is 10.0 Å². The monoisotopic (exact) mass is 407 g/mol. The van der Waals surface area contributed by atoms with Gasteiger partial charge in [-0.25, -0.2) is 8.42 Å². The molecule has 1 aromatic carbocycles. The molecule has 156 valence electrons. The molecule has 2 heterocycles. The highest BCUT2D eigenvalue weighted by atomic mass is 32.2. The quantitative estimate of drug-likeness (QED) is 0.755. The maximum absolute atomic E-state index is 12.7. The fourth-order valence-electron chi connectivity index (χ4n) is 4.51. The number of likely N-dealkylation sites (tertiary alicyclic amines) is 1. The van der Waals surface area contributed by atoms with Gasteiger partial charge in [-0.1, -0.05) is 19.8 Å². The van der Waals surface area contributed by atoms with Gasteiger partial charge >= 0.3 is 0 Å². The van der Waals surface area contributed by atoms with Crippen molar-refractivity contribution < 1.29 is 13.2 Å². The van der Waals surface area contributed by atoms with Crippen molar-refractivity contribution in [1.82, 2.24) is 10.2 Å². The fourth-order valence-corrected chi connectivity index (χ4v) is 5.77. The molecule has 1 aromatic rings. The number of nitrogens with zero attached hydrogens (tertiary/aromatic N) is 2. The highest BCUT2D eigenvalue weighted by molar-refractivity contribution is 7.92. The van der Waals surface area contributed by atoms with Crippen molar-refractivity contribution >= 4 is 21.6 Å². The highest BCUT2D eigenvalue weighted by Crippen LogP contribution is 2.34. The zero-order chi connectivity index (χ0) is 20.3. The normalized spacial score (nSPS) is 22.9. The topological polar surface area (TPSA) is 69.7 Å². The van der Waals surface area contributed by atoms with Crippen LogP contribution in [0.15, 0.2) is 18.2 Å². The van der Waals surface area contributed by atoms with Gasteiger partial charge in [0.15, 0.2) is 0 Å². The van der Waals surface area contributed by atoms with E-state index < -0.39 is 10.0 Å². The Labute approximate surface area is 169 Å². The average Bonchev–Trinajstić information content (AvgIpc) is 3.00. The summed E-state index contributed by atoms with van der Waals surface area (Å²) in [5.74, 6) is -0.0747. The van der Waals surface area contributed by atoms with E-state index >= 15 is 0 Å². The molecule has 0 aromatic heterocycles. The Morgan fingerprint density at radius 3 is 2.79 bits per heavy atom. The summed E-state index contributed by atoms with van der Waals surface area (Å²) in [5.41, 5.74) is 2.23. The number of carbonyl (C=O) groups is 1. The molecule has 0 spiro atoms. The summed E-state index contributed by atoms with van der Waals surface area (Å²) < 4.78 is 25.6. The van der Waals surface area contributed by atoms with E-state index in [1.165, 1.54) is 36.2 Å². The molecule has 3 rings (SSSR count). The molecule has 6 nitrogen and oxygen atoms in total. The van der Waals surface area contributed by atoms with Crippen molar-refractivity contribution in [2.24, 2.45) is 0 Å². The van der Waals surface area contributed by atoms with Crippen LogP contribution in [0.5, 0.6) is 0 Å². The second-order valence-corrected chi connectivity index (χ2v) is 10.1. The molecule has 1 fully saturated rings. The molecule has 2 aliphatic rings. The highest BCUT2D eigenvalue weighted by Gasteiger charge is 2.33. The van der Waals surface area contributed by atoms with Gasteiger partial charge in [0.25, 0.3) is 5.91 Å². The van der Waals surface area contributed by atoms with Crippen LogP contribution < -0.4 is 9.62 Å². The predicted octanol–water partition coefficient (Wildman–Crippen LogP) is 2.78. The zero-order valence-electron chi connectivity index (χ0n) is 17.3. The second-order valence-electron chi connectivity index (χ2n) is 8.20. The smallest absolute Gasteiger partial charge is 0.251 e. The Kier molecular flexibility index (Phi) is 6.65. The summed E-state index contributed by atoms with van der Waals surface area (Å²) in [4.78, 5) is 15.2. The lowest BCUT2D eigenvalue weighted by Gasteiger charge is -2.35. The molecule has 0 aliphatic carbocycles. The maximum Gasteiger partial charge on any atom is 0.251 e. The third-order valence-electron chi connectivity index (χ3n) is 5.90. The van der Waals surface area contributed by atoms with E-state index in [1.807, 2.05) is 13.0 Å². The lowest BCUT2D eigenvalue weighted by molar-refractivity contribution is 0.0912. The molecule has 2 unspecified atom stereocenters. The van der Waals surface area contributed by atoms with Crippen LogP contribution in [0.1, 0.15) is 61.9 Å². The number of anilines is 1. The number of hydrogen-bond acceptors (Lipinski definition) is 4. The largest absolute Gasteiger partial charge is 0.350 e. The standard InChI is InChI=1S/C21H33N3O3S/c1-4-5-11-23-12-7-6-8-19(23)15-22-21(25)17-9-10-20-18(14-17)13-16(2)24(20)28(3,26)27/h9-10,14,16,19H,4-8,11-13,15H2,1-3H3,(H,22,25). The molecule has 0 saturated carbocycles. The van der Waals surface area contributed by atoms with Gasteiger partial charge in [0, 0.05) is 24.2 Å². The average molecular weight is 408 g/mol. The van der Waals surface area contributed by atoms with E-state index in [2.05, 4.69) is 17.1 Å². The minimum absolute atomic E-state index is 0.0747. The third kappa shape index (κ3) is 4.69. The number of sulfonamides is 1. The summed E-state index contributed by atoms with van der Waals surface area (Å²) in [7, 11) is -3.31. The fraction of sp³-hybridized carbons (Fsp3) is 0.667. The van der Waals surface area contributed by atoms with Gasteiger partial charge < -0.3 is 5.32 Å². The SMILES string of the molecule is CCCCN1CCCCC1CNC(=O)c1ccc2c(c1)CC(C)N2S(C)(=O)=O. The zero-order valence-corrected chi connectivity index (χ0v) is 18.1. The van der Waals surface area contributed by atoms with Crippen molar-refractivity contribution in [2.45, 2.75) is 64.5 Å². The number of rotatable bonds is 7. The first-order valence-electron chi connectivity index (χ1n) is 10.5. The van der Waals surface area contributed by atoms with E-state index in [4.69, 9.17) is 0 Å². The van der Waals surface area contributed by atoms with Crippen LogP contribution in [0, 0.1) is 0 Å². The van der Waals surface area contributed by atoms with Gasteiger partial charge in [-0.05, 0) is 69.5 Å². The number of nitrogens with one attached hydrogen (secondary N) is 1. The number of unbranched alkanes of at least 4 members (excludes halogenated alkanes) is 1. The molecule has 1 N–H and O–H groups in total. The molecule has 1 amide bonds. The maximum atomic E-state index is 12.7. The summed E-state index contributed by atoms with van der Waals surface area (Å²) in [6.45, 7) is 7.01. The Balaban J connectivity index is 1.65. The van der Waals surface area contributed by atoms with E-state index in [9.17, 15) is 13.2 Å². The molecule has 0 radical (unpaired) electrons. The van der Waals surface area contributed by atoms with Crippen LogP contribution in [0.2, 0.25) is 0 Å². The Morgan fingerprint density at radius 2 is 2.07 bits per heavy atom. The number of benzene rings is 1. The van der Waals surface area contributed by atoms with Crippen LogP contribution in [0.3, 0.4) is 0 Å². The first-order valence-corrected chi connectivity index (χ1v) is 12.3. The minimum Gasteiger partial charge on any atom is -0.350 e. The summed E-state index contributed by atoms with van der Waals surface area (Å²) >= 11 is 0. The van der Waals surface area contributed by atoms with E-state index in [0.717, 1.165) is 25.1 Å². The predicted molar refractivity (Wildman–Crippen MR) is 113 cm³/mol. The second kappa shape index (κ2) is 8.82. The molecule has 7 heteroatoms. The van der Waals surface area contributed by atoms with Crippen molar-refractivity contribution in [3.05, 3.63) is 29.3 Å². The van der Waals surface area contributed by atoms with Crippen LogP contribution in [-0.2, 0) is 16.4 Å². The van der Waals surface area contributed by atoms with Gasteiger partial charge in [0.1, 0.15) is 0 Å². The first kappa shape index (κ1) is 21.1. The number of amides is 1. The van der Waals surface area contributed by atoms with Crippen molar-refractivity contribution in [3.63, 3.8) is 0 Å². The molecular weight excluding hydrogens is 374 g/mol.